The summed E-state index contributed by atoms with van der Waals surface area (Å²) in [6, 6.07) is 0. The van der Waals surface area contributed by atoms with Crippen LogP contribution in [-0.4, -0.2) is 0 Å². The SMILES string of the molecule is CCC12CCCC1(C)CCC2. The molecular formula is C11H20. The highest BCUT2D eigenvalue weighted by Gasteiger charge is 2.52. The molecule has 2 aliphatic carbocycles. The first kappa shape index (κ1) is 7.64. The van der Waals surface area contributed by atoms with Crippen molar-refractivity contribution in [3.05, 3.63) is 0 Å². The molecule has 0 N–H and O–H groups in total. The van der Waals surface area contributed by atoms with Gasteiger partial charge in [0.25, 0.3) is 0 Å². The third-order valence-corrected chi connectivity index (χ3v) is 4.72. The number of fused-ring (bicyclic) bond motifs is 1. The highest BCUT2D eigenvalue weighted by molar-refractivity contribution is 5.03. The van der Waals surface area contributed by atoms with Crippen molar-refractivity contribution in [2.24, 2.45) is 10.8 Å². The number of hydrogen-bond donors (Lipinski definition) is 0. The molecule has 2 rings (SSSR count). The van der Waals surface area contributed by atoms with E-state index < -0.39 is 0 Å². The Labute approximate surface area is 70.4 Å². The van der Waals surface area contributed by atoms with Gasteiger partial charge in [-0.15, -0.1) is 0 Å². The molecule has 0 unspecified atom stereocenters. The zero-order chi connectivity index (χ0) is 7.95. The van der Waals surface area contributed by atoms with Gasteiger partial charge < -0.3 is 0 Å². The second-order valence-electron chi connectivity index (χ2n) is 4.90. The second kappa shape index (κ2) is 2.24. The largest absolute Gasteiger partial charge is 0.0648 e. The Morgan fingerprint density at radius 1 is 1.00 bits per heavy atom. The molecule has 0 spiro atoms. The summed E-state index contributed by atoms with van der Waals surface area (Å²) in [6.45, 7) is 4.94. The Kier molecular flexibility index (Phi) is 1.56. The van der Waals surface area contributed by atoms with Gasteiger partial charge in [-0.2, -0.15) is 0 Å². The lowest BCUT2D eigenvalue weighted by atomic mass is 9.68. The summed E-state index contributed by atoms with van der Waals surface area (Å²) in [5.74, 6) is 0. The van der Waals surface area contributed by atoms with Gasteiger partial charge in [0.05, 0.1) is 0 Å². The van der Waals surface area contributed by atoms with Crippen LogP contribution in [0.15, 0.2) is 0 Å². The molecule has 0 radical (unpaired) electrons. The third-order valence-electron chi connectivity index (χ3n) is 4.72. The van der Waals surface area contributed by atoms with Crippen LogP contribution in [0, 0.1) is 10.8 Å². The van der Waals surface area contributed by atoms with Gasteiger partial charge in [-0.05, 0) is 42.9 Å². The van der Waals surface area contributed by atoms with Gasteiger partial charge >= 0.3 is 0 Å². The molecule has 0 heterocycles. The van der Waals surface area contributed by atoms with Gasteiger partial charge in [0.15, 0.2) is 0 Å². The fraction of sp³-hybridized carbons (Fsp3) is 1.00. The quantitative estimate of drug-likeness (QED) is 0.536. The molecule has 0 aromatic carbocycles. The molecule has 2 saturated carbocycles. The van der Waals surface area contributed by atoms with Crippen molar-refractivity contribution in [1.82, 2.24) is 0 Å². The van der Waals surface area contributed by atoms with Gasteiger partial charge in [0.2, 0.25) is 0 Å². The first-order valence-corrected chi connectivity index (χ1v) is 5.22. The smallest absolute Gasteiger partial charge is 0.0246 e. The maximum atomic E-state index is 2.54. The van der Waals surface area contributed by atoms with Crippen LogP contribution in [0.25, 0.3) is 0 Å². The summed E-state index contributed by atoms with van der Waals surface area (Å²) in [5.41, 5.74) is 1.54. The Hall–Kier alpha value is 0. The average molecular weight is 152 g/mol. The zero-order valence-corrected chi connectivity index (χ0v) is 7.95. The summed E-state index contributed by atoms with van der Waals surface area (Å²) in [6.07, 6.45) is 10.5. The number of hydrogen-bond acceptors (Lipinski definition) is 0. The highest BCUT2D eigenvalue weighted by Crippen LogP contribution is 2.64. The van der Waals surface area contributed by atoms with Gasteiger partial charge in [-0.3, -0.25) is 0 Å². The molecule has 2 aliphatic rings. The van der Waals surface area contributed by atoms with Gasteiger partial charge in [-0.25, -0.2) is 0 Å². The normalized spacial score (nSPS) is 49.6. The lowest BCUT2D eigenvalue weighted by molar-refractivity contribution is 0.126. The third kappa shape index (κ3) is 0.816. The van der Waals surface area contributed by atoms with Crippen LogP contribution in [0.3, 0.4) is 0 Å². The van der Waals surface area contributed by atoms with Crippen molar-refractivity contribution in [3.63, 3.8) is 0 Å². The van der Waals surface area contributed by atoms with E-state index in [4.69, 9.17) is 0 Å². The fourth-order valence-corrected chi connectivity index (χ4v) is 3.80. The predicted molar refractivity (Wildman–Crippen MR) is 48.5 cm³/mol. The Morgan fingerprint density at radius 3 is 1.91 bits per heavy atom. The molecule has 64 valence electrons. The van der Waals surface area contributed by atoms with Crippen LogP contribution in [0.1, 0.15) is 58.8 Å². The van der Waals surface area contributed by atoms with E-state index in [1.165, 1.54) is 44.9 Å². The molecule has 0 atom stereocenters. The summed E-state index contributed by atoms with van der Waals surface area (Å²) in [5, 5.41) is 0. The van der Waals surface area contributed by atoms with Crippen molar-refractivity contribution < 1.29 is 0 Å². The average Bonchev–Trinajstić information content (AvgIpc) is 2.41. The molecule has 0 saturated heterocycles. The van der Waals surface area contributed by atoms with E-state index >= 15 is 0 Å². The van der Waals surface area contributed by atoms with E-state index in [1.54, 1.807) is 0 Å². The first-order chi connectivity index (χ1) is 5.22. The van der Waals surface area contributed by atoms with Crippen LogP contribution in [0.2, 0.25) is 0 Å². The van der Waals surface area contributed by atoms with Crippen molar-refractivity contribution in [2.45, 2.75) is 58.8 Å². The molecule has 0 amide bonds. The van der Waals surface area contributed by atoms with E-state index in [0.717, 1.165) is 10.8 Å². The maximum absolute atomic E-state index is 2.54. The minimum absolute atomic E-state index is 0.752. The summed E-state index contributed by atoms with van der Waals surface area (Å²) >= 11 is 0. The highest BCUT2D eigenvalue weighted by atomic mass is 14.6. The van der Waals surface area contributed by atoms with Crippen LogP contribution in [0.5, 0.6) is 0 Å². The molecule has 2 fully saturated rings. The van der Waals surface area contributed by atoms with E-state index in [2.05, 4.69) is 13.8 Å². The zero-order valence-electron chi connectivity index (χ0n) is 7.95. The van der Waals surface area contributed by atoms with Crippen LogP contribution in [-0.2, 0) is 0 Å². The van der Waals surface area contributed by atoms with Gasteiger partial charge in [-0.1, -0.05) is 26.7 Å². The Balaban J connectivity index is 2.28. The monoisotopic (exact) mass is 152 g/mol. The molecule has 0 bridgehead atoms. The minimum Gasteiger partial charge on any atom is -0.0648 e. The lowest BCUT2D eigenvalue weighted by Gasteiger charge is -2.37. The minimum atomic E-state index is 0.752. The van der Waals surface area contributed by atoms with E-state index in [9.17, 15) is 0 Å². The Bertz CT molecular complexity index is 147. The topological polar surface area (TPSA) is 0 Å². The van der Waals surface area contributed by atoms with E-state index in [0.29, 0.717) is 0 Å². The summed E-state index contributed by atoms with van der Waals surface area (Å²) in [4.78, 5) is 0. The number of rotatable bonds is 1. The molecule has 0 aliphatic heterocycles. The summed E-state index contributed by atoms with van der Waals surface area (Å²) < 4.78 is 0. The Morgan fingerprint density at radius 2 is 1.55 bits per heavy atom. The first-order valence-electron chi connectivity index (χ1n) is 5.22. The lowest BCUT2D eigenvalue weighted by Crippen LogP contribution is -2.28. The molecular weight excluding hydrogens is 132 g/mol. The second-order valence-corrected chi connectivity index (χ2v) is 4.90. The predicted octanol–water partition coefficient (Wildman–Crippen LogP) is 3.76. The van der Waals surface area contributed by atoms with Crippen molar-refractivity contribution in [2.75, 3.05) is 0 Å². The molecule has 0 aromatic heterocycles. The molecule has 0 aromatic rings. The van der Waals surface area contributed by atoms with Gasteiger partial charge in [0, 0.05) is 0 Å². The fourth-order valence-electron chi connectivity index (χ4n) is 3.80. The summed E-state index contributed by atoms with van der Waals surface area (Å²) in [7, 11) is 0. The van der Waals surface area contributed by atoms with Crippen LogP contribution >= 0.6 is 0 Å². The van der Waals surface area contributed by atoms with Crippen molar-refractivity contribution >= 4 is 0 Å². The van der Waals surface area contributed by atoms with Crippen LogP contribution in [0.4, 0.5) is 0 Å². The van der Waals surface area contributed by atoms with E-state index in [-0.39, 0.29) is 0 Å². The van der Waals surface area contributed by atoms with Crippen LogP contribution < -0.4 is 0 Å². The van der Waals surface area contributed by atoms with E-state index in [1.807, 2.05) is 0 Å². The molecule has 0 heteroatoms. The maximum Gasteiger partial charge on any atom is -0.0246 e. The standard InChI is InChI=1S/C11H20/c1-3-11-8-4-6-10(11,2)7-5-9-11/h3-9H2,1-2H3. The van der Waals surface area contributed by atoms with Crippen molar-refractivity contribution in [1.29, 1.82) is 0 Å². The molecule has 0 nitrogen and oxygen atoms in total. The molecule has 11 heavy (non-hydrogen) atoms. The van der Waals surface area contributed by atoms with Crippen molar-refractivity contribution in [3.8, 4) is 0 Å². The van der Waals surface area contributed by atoms with Gasteiger partial charge in [0.1, 0.15) is 0 Å².